The second-order valence-corrected chi connectivity index (χ2v) is 8.89. The van der Waals surface area contributed by atoms with Gasteiger partial charge >= 0.3 is 0 Å². The first-order chi connectivity index (χ1) is 15.1. The van der Waals surface area contributed by atoms with E-state index in [1.54, 1.807) is 11.3 Å². The van der Waals surface area contributed by atoms with Gasteiger partial charge in [0.15, 0.2) is 0 Å². The zero-order chi connectivity index (χ0) is 21.6. The van der Waals surface area contributed by atoms with Crippen LogP contribution in [0, 0.1) is 6.92 Å². The number of hydrogen-bond donors (Lipinski definition) is 0. The Kier molecular flexibility index (Phi) is 7.21. The standard InChI is InChI=1S/C22H25ClN4O3S/c1-16-14-17(23)6-7-18(16)29-12-2-5-21(28)27-10-8-26(9-11-27)15-20-24-22(25-30-20)19-4-3-13-31-19/h3-4,6-7,13-14H,2,5,8-12,15H2,1H3. The van der Waals surface area contributed by atoms with E-state index in [0.29, 0.717) is 55.8 Å². The van der Waals surface area contributed by atoms with Gasteiger partial charge < -0.3 is 14.2 Å². The molecule has 0 bridgehead atoms. The van der Waals surface area contributed by atoms with Crippen LogP contribution in [-0.4, -0.2) is 58.6 Å². The number of ether oxygens (including phenoxy) is 1. The summed E-state index contributed by atoms with van der Waals surface area (Å²) in [6.45, 7) is 6.09. The van der Waals surface area contributed by atoms with Gasteiger partial charge in [-0.3, -0.25) is 9.69 Å². The Morgan fingerprint density at radius 2 is 2.10 bits per heavy atom. The summed E-state index contributed by atoms with van der Waals surface area (Å²) in [5.74, 6) is 2.23. The average molecular weight is 461 g/mol. The van der Waals surface area contributed by atoms with E-state index >= 15 is 0 Å². The van der Waals surface area contributed by atoms with E-state index in [0.717, 1.165) is 29.3 Å². The van der Waals surface area contributed by atoms with Gasteiger partial charge in [-0.25, -0.2) is 0 Å². The van der Waals surface area contributed by atoms with Crippen molar-refractivity contribution in [3.8, 4) is 16.5 Å². The third-order valence-electron chi connectivity index (χ3n) is 5.22. The van der Waals surface area contributed by atoms with Crippen LogP contribution in [0.2, 0.25) is 5.02 Å². The summed E-state index contributed by atoms with van der Waals surface area (Å²) in [6.07, 6.45) is 1.18. The maximum Gasteiger partial charge on any atom is 0.241 e. The number of aryl methyl sites for hydroxylation is 1. The van der Waals surface area contributed by atoms with Crippen molar-refractivity contribution in [3.63, 3.8) is 0 Å². The van der Waals surface area contributed by atoms with Gasteiger partial charge in [0.2, 0.25) is 17.6 Å². The molecule has 2 aromatic heterocycles. The first-order valence-corrected chi connectivity index (χ1v) is 11.6. The minimum Gasteiger partial charge on any atom is -0.493 e. The van der Waals surface area contributed by atoms with Crippen molar-refractivity contribution in [2.45, 2.75) is 26.3 Å². The largest absolute Gasteiger partial charge is 0.493 e. The molecule has 0 spiro atoms. The van der Waals surface area contributed by atoms with Crippen LogP contribution in [0.25, 0.3) is 10.7 Å². The highest BCUT2D eigenvalue weighted by molar-refractivity contribution is 7.13. The van der Waals surface area contributed by atoms with Gasteiger partial charge in [-0.2, -0.15) is 4.98 Å². The lowest BCUT2D eigenvalue weighted by atomic mass is 10.2. The first kappa shape index (κ1) is 21.8. The molecular weight excluding hydrogens is 436 g/mol. The molecule has 0 unspecified atom stereocenters. The smallest absolute Gasteiger partial charge is 0.241 e. The average Bonchev–Trinajstić information content (AvgIpc) is 3.45. The van der Waals surface area contributed by atoms with Crippen molar-refractivity contribution in [2.75, 3.05) is 32.8 Å². The number of aromatic nitrogens is 2. The molecule has 0 atom stereocenters. The van der Waals surface area contributed by atoms with Crippen LogP contribution < -0.4 is 4.74 Å². The second-order valence-electron chi connectivity index (χ2n) is 7.51. The zero-order valence-corrected chi connectivity index (χ0v) is 19.0. The minimum absolute atomic E-state index is 0.175. The maximum absolute atomic E-state index is 12.5. The summed E-state index contributed by atoms with van der Waals surface area (Å²) in [5, 5.41) is 6.74. The van der Waals surface area contributed by atoms with Crippen LogP contribution in [0.3, 0.4) is 0 Å². The van der Waals surface area contributed by atoms with Gasteiger partial charge in [0.05, 0.1) is 18.0 Å². The number of halogens is 1. The molecule has 1 aliphatic rings. The van der Waals surface area contributed by atoms with Gasteiger partial charge in [-0.1, -0.05) is 22.8 Å². The normalized spacial score (nSPS) is 14.7. The molecule has 4 rings (SSSR count). The van der Waals surface area contributed by atoms with Crippen molar-refractivity contribution >= 4 is 28.8 Å². The van der Waals surface area contributed by atoms with Crippen LogP contribution in [-0.2, 0) is 11.3 Å². The Bertz CT molecular complexity index is 1000. The van der Waals surface area contributed by atoms with Crippen LogP contribution >= 0.6 is 22.9 Å². The number of carbonyl (C=O) groups excluding carboxylic acids is 1. The van der Waals surface area contributed by atoms with Crippen LogP contribution in [0.5, 0.6) is 5.75 Å². The molecule has 164 valence electrons. The predicted molar refractivity (Wildman–Crippen MR) is 120 cm³/mol. The van der Waals surface area contributed by atoms with Crippen LogP contribution in [0.1, 0.15) is 24.3 Å². The quantitative estimate of drug-likeness (QED) is 0.467. The molecule has 3 heterocycles. The molecule has 9 heteroatoms. The molecule has 1 saturated heterocycles. The molecule has 1 aliphatic heterocycles. The van der Waals surface area contributed by atoms with E-state index in [2.05, 4.69) is 15.0 Å². The molecular formula is C22H25ClN4O3S. The third kappa shape index (κ3) is 5.84. The molecule has 0 aliphatic carbocycles. The Labute approximate surface area is 190 Å². The van der Waals surface area contributed by atoms with Crippen molar-refractivity contribution in [1.29, 1.82) is 0 Å². The summed E-state index contributed by atoms with van der Waals surface area (Å²) in [4.78, 5) is 22.2. The summed E-state index contributed by atoms with van der Waals surface area (Å²) >= 11 is 7.55. The van der Waals surface area contributed by atoms with Gasteiger partial charge in [0.25, 0.3) is 0 Å². The molecule has 0 saturated carbocycles. The van der Waals surface area contributed by atoms with Crippen molar-refractivity contribution in [1.82, 2.24) is 19.9 Å². The number of benzene rings is 1. The Morgan fingerprint density at radius 3 is 2.84 bits per heavy atom. The second kappa shape index (κ2) is 10.3. The zero-order valence-electron chi connectivity index (χ0n) is 17.4. The third-order valence-corrected chi connectivity index (χ3v) is 6.32. The number of piperazine rings is 1. The monoisotopic (exact) mass is 460 g/mol. The fourth-order valence-electron chi connectivity index (χ4n) is 3.51. The number of amides is 1. The first-order valence-electron chi connectivity index (χ1n) is 10.3. The van der Waals surface area contributed by atoms with Crippen LogP contribution in [0.4, 0.5) is 0 Å². The Hall–Kier alpha value is -2.42. The molecule has 0 N–H and O–H groups in total. The number of hydrogen-bond acceptors (Lipinski definition) is 7. The van der Waals surface area contributed by atoms with Crippen LogP contribution in [0.15, 0.2) is 40.2 Å². The Morgan fingerprint density at radius 1 is 1.26 bits per heavy atom. The molecule has 7 nitrogen and oxygen atoms in total. The van der Waals surface area contributed by atoms with E-state index < -0.39 is 0 Å². The van der Waals surface area contributed by atoms with E-state index in [-0.39, 0.29) is 5.91 Å². The lowest BCUT2D eigenvalue weighted by molar-refractivity contribution is -0.133. The molecule has 31 heavy (non-hydrogen) atoms. The SMILES string of the molecule is Cc1cc(Cl)ccc1OCCCC(=O)N1CCN(Cc2nc(-c3cccs3)no2)CC1. The fourth-order valence-corrected chi connectivity index (χ4v) is 4.39. The van der Waals surface area contributed by atoms with Gasteiger partial charge in [0, 0.05) is 37.6 Å². The Balaban J connectivity index is 1.16. The highest BCUT2D eigenvalue weighted by Gasteiger charge is 2.22. The molecule has 1 fully saturated rings. The van der Waals surface area contributed by atoms with E-state index in [1.807, 2.05) is 47.5 Å². The number of rotatable bonds is 8. The molecule has 3 aromatic rings. The fraction of sp³-hybridized carbons (Fsp3) is 0.409. The number of nitrogens with zero attached hydrogens (tertiary/aromatic N) is 4. The number of thiophene rings is 1. The maximum atomic E-state index is 12.5. The predicted octanol–water partition coefficient (Wildman–Crippen LogP) is 4.26. The van der Waals surface area contributed by atoms with E-state index in [4.69, 9.17) is 20.9 Å². The summed E-state index contributed by atoms with van der Waals surface area (Å²) in [7, 11) is 0. The van der Waals surface area contributed by atoms with Crippen molar-refractivity contribution in [2.24, 2.45) is 0 Å². The summed E-state index contributed by atoms with van der Waals surface area (Å²) < 4.78 is 11.2. The van der Waals surface area contributed by atoms with Gasteiger partial charge in [-0.15, -0.1) is 11.3 Å². The summed E-state index contributed by atoms with van der Waals surface area (Å²) in [6, 6.07) is 9.50. The highest BCUT2D eigenvalue weighted by Crippen LogP contribution is 2.23. The van der Waals surface area contributed by atoms with Gasteiger partial charge in [0.1, 0.15) is 5.75 Å². The van der Waals surface area contributed by atoms with E-state index in [1.165, 1.54) is 0 Å². The molecule has 1 amide bonds. The molecule has 0 radical (unpaired) electrons. The van der Waals surface area contributed by atoms with Gasteiger partial charge in [-0.05, 0) is 48.6 Å². The van der Waals surface area contributed by atoms with E-state index in [9.17, 15) is 4.79 Å². The lowest BCUT2D eigenvalue weighted by Crippen LogP contribution is -2.48. The summed E-state index contributed by atoms with van der Waals surface area (Å²) in [5.41, 5.74) is 0.999. The highest BCUT2D eigenvalue weighted by atomic mass is 35.5. The molecule has 1 aromatic carbocycles. The topological polar surface area (TPSA) is 71.7 Å². The van der Waals surface area contributed by atoms with Crippen molar-refractivity contribution in [3.05, 3.63) is 52.2 Å². The number of carbonyl (C=O) groups is 1. The van der Waals surface area contributed by atoms with Crippen molar-refractivity contribution < 1.29 is 14.1 Å². The lowest BCUT2D eigenvalue weighted by Gasteiger charge is -2.34. The minimum atomic E-state index is 0.175.